The van der Waals surface area contributed by atoms with Gasteiger partial charge in [0.15, 0.2) is 6.10 Å². The molecule has 0 saturated carbocycles. The number of carbonyl (C=O) groups excluding carboxylic acids is 1. The van der Waals surface area contributed by atoms with Crippen LogP contribution in [0.3, 0.4) is 0 Å². The molecule has 150 valence electrons. The van der Waals surface area contributed by atoms with E-state index in [1.165, 1.54) is 0 Å². The van der Waals surface area contributed by atoms with Crippen molar-refractivity contribution in [2.24, 2.45) is 0 Å². The van der Waals surface area contributed by atoms with Crippen LogP contribution in [0.2, 0.25) is 5.02 Å². The first-order valence-corrected chi connectivity index (χ1v) is 10.5. The van der Waals surface area contributed by atoms with E-state index in [1.54, 1.807) is 25.1 Å². The first-order chi connectivity index (χ1) is 13.5. The normalized spacial score (nSPS) is 17.0. The Hall–Kier alpha value is -1.60. The second-order valence-corrected chi connectivity index (χ2v) is 8.01. The highest BCUT2D eigenvalue weighted by Crippen LogP contribution is 2.29. The fraction of sp³-hybridized carbons (Fsp3) is 0.381. The Balaban J connectivity index is 1.67. The Morgan fingerprint density at radius 1 is 1.25 bits per heavy atom. The fourth-order valence-corrected chi connectivity index (χ4v) is 3.84. The summed E-state index contributed by atoms with van der Waals surface area (Å²) < 4.78 is 12.0. The van der Waals surface area contributed by atoms with Crippen molar-refractivity contribution in [2.45, 2.75) is 19.1 Å². The number of ether oxygens (including phenoxy) is 2. The summed E-state index contributed by atoms with van der Waals surface area (Å²) in [6.45, 7) is 5.65. The first kappa shape index (κ1) is 21.1. The molecular weight excluding hydrogens is 444 g/mol. The number of nitrogens with zero attached hydrogens (tertiary/aromatic N) is 1. The molecule has 7 heteroatoms. The molecule has 1 aliphatic heterocycles. The third-order valence-corrected chi connectivity index (χ3v) is 5.48. The second-order valence-electron chi connectivity index (χ2n) is 6.72. The maximum Gasteiger partial charge on any atom is 0.261 e. The van der Waals surface area contributed by atoms with Crippen LogP contribution < -0.4 is 10.1 Å². The zero-order valence-electron chi connectivity index (χ0n) is 15.7. The van der Waals surface area contributed by atoms with Crippen LogP contribution in [0.25, 0.3) is 0 Å². The molecule has 2 unspecified atom stereocenters. The van der Waals surface area contributed by atoms with E-state index in [2.05, 4.69) is 26.1 Å². The van der Waals surface area contributed by atoms with Gasteiger partial charge in [-0.25, -0.2) is 0 Å². The van der Waals surface area contributed by atoms with Crippen molar-refractivity contribution in [3.8, 4) is 5.75 Å². The molecule has 1 heterocycles. The van der Waals surface area contributed by atoms with Gasteiger partial charge in [0.1, 0.15) is 5.75 Å². The van der Waals surface area contributed by atoms with Crippen molar-refractivity contribution in [1.29, 1.82) is 0 Å². The maximum atomic E-state index is 12.8. The van der Waals surface area contributed by atoms with Crippen molar-refractivity contribution in [1.82, 2.24) is 10.2 Å². The quantitative estimate of drug-likeness (QED) is 0.667. The number of nitrogens with one attached hydrogen (secondary N) is 1. The Kier molecular flexibility index (Phi) is 7.73. The molecule has 3 rings (SSSR count). The van der Waals surface area contributed by atoms with E-state index in [0.29, 0.717) is 15.2 Å². The van der Waals surface area contributed by atoms with Gasteiger partial charge in [-0.3, -0.25) is 9.69 Å². The van der Waals surface area contributed by atoms with Gasteiger partial charge in [0.25, 0.3) is 5.91 Å². The van der Waals surface area contributed by atoms with E-state index >= 15 is 0 Å². The number of amides is 1. The average Bonchev–Trinajstić information content (AvgIpc) is 2.71. The molecule has 1 N–H and O–H groups in total. The van der Waals surface area contributed by atoms with Crippen LogP contribution in [-0.2, 0) is 9.53 Å². The van der Waals surface area contributed by atoms with E-state index in [9.17, 15) is 4.79 Å². The Morgan fingerprint density at radius 3 is 2.64 bits per heavy atom. The summed E-state index contributed by atoms with van der Waals surface area (Å²) in [5, 5.41) is 3.75. The lowest BCUT2D eigenvalue weighted by Gasteiger charge is -2.31. The number of morpholine rings is 1. The van der Waals surface area contributed by atoms with Crippen LogP contribution in [0, 0.1) is 0 Å². The minimum absolute atomic E-state index is 0.119. The molecule has 28 heavy (non-hydrogen) atoms. The molecule has 1 aliphatic rings. The minimum atomic E-state index is -0.645. The highest BCUT2D eigenvalue weighted by Gasteiger charge is 2.23. The molecule has 1 fully saturated rings. The van der Waals surface area contributed by atoms with E-state index < -0.39 is 6.10 Å². The van der Waals surface area contributed by atoms with Gasteiger partial charge < -0.3 is 14.8 Å². The molecule has 0 aromatic heterocycles. The van der Waals surface area contributed by atoms with Crippen LogP contribution in [0.1, 0.15) is 18.5 Å². The van der Waals surface area contributed by atoms with Crippen LogP contribution in [0.4, 0.5) is 0 Å². The van der Waals surface area contributed by atoms with E-state index in [-0.39, 0.29) is 11.9 Å². The molecule has 0 radical (unpaired) electrons. The monoisotopic (exact) mass is 466 g/mol. The first-order valence-electron chi connectivity index (χ1n) is 9.30. The molecule has 2 aromatic rings. The van der Waals surface area contributed by atoms with Crippen molar-refractivity contribution in [2.75, 3.05) is 32.8 Å². The Bertz CT molecular complexity index is 784. The Labute approximate surface area is 179 Å². The van der Waals surface area contributed by atoms with Crippen molar-refractivity contribution in [3.05, 3.63) is 63.6 Å². The fourth-order valence-electron chi connectivity index (χ4n) is 3.07. The summed E-state index contributed by atoms with van der Waals surface area (Å²) in [4.78, 5) is 15.1. The summed E-state index contributed by atoms with van der Waals surface area (Å²) >= 11 is 9.39. The lowest BCUT2D eigenvalue weighted by atomic mass is 10.1. The summed E-state index contributed by atoms with van der Waals surface area (Å²) in [6, 6.07) is 15.1. The summed E-state index contributed by atoms with van der Waals surface area (Å²) in [5.41, 5.74) is 1.07. The van der Waals surface area contributed by atoms with E-state index in [0.717, 1.165) is 38.4 Å². The number of carbonyl (C=O) groups is 1. The summed E-state index contributed by atoms with van der Waals surface area (Å²) in [6.07, 6.45) is -0.645. The predicted octanol–water partition coefficient (Wildman–Crippen LogP) is 4.06. The number of halogens is 2. The van der Waals surface area contributed by atoms with Crippen LogP contribution in [0.15, 0.2) is 53.0 Å². The van der Waals surface area contributed by atoms with E-state index in [1.807, 2.05) is 30.3 Å². The standard InChI is InChI=1S/C21H24BrClN2O3/c1-15(28-20-8-7-17(23)13-18(20)22)21(26)24-19(16-5-3-2-4-6-16)14-25-9-11-27-12-10-25/h2-8,13,15,19H,9-12,14H2,1H3,(H,24,26). The SMILES string of the molecule is CC(Oc1ccc(Cl)cc1Br)C(=O)NC(CN1CCOCC1)c1ccccc1. The largest absolute Gasteiger partial charge is 0.480 e. The van der Waals surface area contributed by atoms with Gasteiger partial charge in [-0.05, 0) is 46.6 Å². The lowest BCUT2D eigenvalue weighted by Crippen LogP contribution is -2.45. The van der Waals surface area contributed by atoms with Crippen molar-refractivity contribution >= 4 is 33.4 Å². The third kappa shape index (κ3) is 5.95. The summed E-state index contributed by atoms with van der Waals surface area (Å²) in [5.74, 6) is 0.417. The molecule has 0 spiro atoms. The maximum absolute atomic E-state index is 12.8. The third-order valence-electron chi connectivity index (χ3n) is 4.63. The highest BCUT2D eigenvalue weighted by atomic mass is 79.9. The van der Waals surface area contributed by atoms with Gasteiger partial charge >= 0.3 is 0 Å². The van der Waals surface area contributed by atoms with Crippen molar-refractivity contribution < 1.29 is 14.3 Å². The van der Waals surface area contributed by atoms with Gasteiger partial charge in [-0.2, -0.15) is 0 Å². The molecule has 1 amide bonds. The predicted molar refractivity (Wildman–Crippen MR) is 114 cm³/mol. The zero-order chi connectivity index (χ0) is 19.9. The lowest BCUT2D eigenvalue weighted by molar-refractivity contribution is -0.128. The molecule has 0 aliphatic carbocycles. The second kappa shape index (κ2) is 10.3. The number of benzene rings is 2. The van der Waals surface area contributed by atoms with Gasteiger partial charge in [-0.1, -0.05) is 41.9 Å². The molecule has 5 nitrogen and oxygen atoms in total. The van der Waals surface area contributed by atoms with Crippen LogP contribution >= 0.6 is 27.5 Å². The zero-order valence-corrected chi connectivity index (χ0v) is 18.1. The topological polar surface area (TPSA) is 50.8 Å². The molecule has 2 atom stereocenters. The molecule has 2 aromatic carbocycles. The number of hydrogen-bond acceptors (Lipinski definition) is 4. The van der Waals surface area contributed by atoms with Crippen LogP contribution in [0.5, 0.6) is 5.75 Å². The van der Waals surface area contributed by atoms with Gasteiger partial charge in [-0.15, -0.1) is 0 Å². The molecule has 1 saturated heterocycles. The van der Waals surface area contributed by atoms with Crippen LogP contribution in [-0.4, -0.2) is 49.8 Å². The van der Waals surface area contributed by atoms with Gasteiger partial charge in [0.2, 0.25) is 0 Å². The van der Waals surface area contributed by atoms with Gasteiger partial charge in [0.05, 0.1) is 23.7 Å². The minimum Gasteiger partial charge on any atom is -0.480 e. The summed E-state index contributed by atoms with van der Waals surface area (Å²) in [7, 11) is 0. The average molecular weight is 468 g/mol. The number of hydrogen-bond donors (Lipinski definition) is 1. The Morgan fingerprint density at radius 2 is 1.96 bits per heavy atom. The molecule has 0 bridgehead atoms. The molecular formula is C21H24BrClN2O3. The number of rotatable bonds is 7. The van der Waals surface area contributed by atoms with E-state index in [4.69, 9.17) is 21.1 Å². The van der Waals surface area contributed by atoms with Crippen molar-refractivity contribution in [3.63, 3.8) is 0 Å². The highest BCUT2D eigenvalue weighted by molar-refractivity contribution is 9.10. The van der Waals surface area contributed by atoms with Gasteiger partial charge in [0, 0.05) is 24.7 Å². The smallest absolute Gasteiger partial charge is 0.261 e.